The number of rotatable bonds is 1. The van der Waals surface area contributed by atoms with Crippen LogP contribution in [0, 0.1) is 6.92 Å². The summed E-state index contributed by atoms with van der Waals surface area (Å²) in [5, 5.41) is 9.00. The van der Waals surface area contributed by atoms with Gasteiger partial charge in [-0.2, -0.15) is 0 Å². The summed E-state index contributed by atoms with van der Waals surface area (Å²) in [5.41, 5.74) is 6.56. The lowest BCUT2D eigenvalue weighted by atomic mass is 10.1. The Morgan fingerprint density at radius 3 is 2.67 bits per heavy atom. The summed E-state index contributed by atoms with van der Waals surface area (Å²) < 4.78 is 0. The molecule has 0 saturated heterocycles. The van der Waals surface area contributed by atoms with Gasteiger partial charge in [0, 0.05) is 0 Å². The van der Waals surface area contributed by atoms with Gasteiger partial charge in [-0.25, -0.2) is 4.79 Å². The standard InChI is InChI=1S/C8H8ClNO2/c1-4-5(8(11)12)2-3-6(10)7(4)9/h2-3H,10H2,1H3,(H,11,12). The molecule has 1 aromatic rings. The molecule has 0 aliphatic heterocycles. The molecule has 0 atom stereocenters. The van der Waals surface area contributed by atoms with Crippen molar-refractivity contribution in [2.45, 2.75) is 6.92 Å². The van der Waals surface area contributed by atoms with Gasteiger partial charge in [-0.3, -0.25) is 0 Å². The molecule has 0 heterocycles. The fourth-order valence-electron chi connectivity index (χ4n) is 0.938. The van der Waals surface area contributed by atoms with E-state index in [-0.39, 0.29) is 5.56 Å². The summed E-state index contributed by atoms with van der Waals surface area (Å²) in [6, 6.07) is 2.93. The zero-order valence-corrected chi connectivity index (χ0v) is 7.22. The van der Waals surface area contributed by atoms with Crippen LogP contribution in [0.2, 0.25) is 5.02 Å². The number of carbonyl (C=O) groups is 1. The number of hydrogen-bond acceptors (Lipinski definition) is 2. The van der Waals surface area contributed by atoms with Gasteiger partial charge in [0.25, 0.3) is 0 Å². The zero-order valence-electron chi connectivity index (χ0n) is 6.47. The Kier molecular flexibility index (Phi) is 2.24. The van der Waals surface area contributed by atoms with E-state index in [0.717, 1.165) is 0 Å². The maximum Gasteiger partial charge on any atom is 0.336 e. The first kappa shape index (κ1) is 8.87. The smallest absolute Gasteiger partial charge is 0.336 e. The molecule has 0 aromatic heterocycles. The monoisotopic (exact) mass is 185 g/mol. The van der Waals surface area contributed by atoms with Crippen molar-refractivity contribution < 1.29 is 9.90 Å². The van der Waals surface area contributed by atoms with Gasteiger partial charge >= 0.3 is 5.97 Å². The summed E-state index contributed by atoms with van der Waals surface area (Å²) in [6.45, 7) is 1.63. The summed E-state index contributed by atoms with van der Waals surface area (Å²) in [5.74, 6) is -0.991. The molecule has 0 amide bonds. The Morgan fingerprint density at radius 1 is 1.58 bits per heavy atom. The molecule has 0 bridgehead atoms. The fraction of sp³-hybridized carbons (Fsp3) is 0.125. The van der Waals surface area contributed by atoms with E-state index in [4.69, 9.17) is 22.4 Å². The first-order chi connectivity index (χ1) is 5.54. The van der Waals surface area contributed by atoms with E-state index in [2.05, 4.69) is 0 Å². The van der Waals surface area contributed by atoms with E-state index in [1.165, 1.54) is 12.1 Å². The van der Waals surface area contributed by atoms with E-state index in [1.54, 1.807) is 6.92 Å². The third-order valence-electron chi connectivity index (χ3n) is 1.65. The zero-order chi connectivity index (χ0) is 9.30. The lowest BCUT2D eigenvalue weighted by Gasteiger charge is -2.04. The van der Waals surface area contributed by atoms with Gasteiger partial charge in [-0.15, -0.1) is 0 Å². The van der Waals surface area contributed by atoms with E-state index >= 15 is 0 Å². The summed E-state index contributed by atoms with van der Waals surface area (Å²) in [6.07, 6.45) is 0. The first-order valence-corrected chi connectivity index (χ1v) is 3.69. The molecule has 0 unspecified atom stereocenters. The minimum absolute atomic E-state index is 0.189. The third-order valence-corrected chi connectivity index (χ3v) is 2.15. The minimum Gasteiger partial charge on any atom is -0.478 e. The van der Waals surface area contributed by atoms with Crippen molar-refractivity contribution in [3.8, 4) is 0 Å². The highest BCUT2D eigenvalue weighted by Gasteiger charge is 2.10. The van der Waals surface area contributed by atoms with Crippen molar-refractivity contribution in [2.24, 2.45) is 0 Å². The highest BCUT2D eigenvalue weighted by Crippen LogP contribution is 2.25. The average Bonchev–Trinajstić information content (AvgIpc) is 2.00. The maximum absolute atomic E-state index is 10.6. The number of hydrogen-bond donors (Lipinski definition) is 2. The molecular weight excluding hydrogens is 178 g/mol. The van der Waals surface area contributed by atoms with Crippen LogP contribution in [0.3, 0.4) is 0 Å². The Bertz CT molecular complexity index is 336. The molecule has 3 nitrogen and oxygen atoms in total. The summed E-state index contributed by atoms with van der Waals surface area (Å²) >= 11 is 5.74. The molecule has 0 aliphatic carbocycles. The van der Waals surface area contributed by atoms with Crippen LogP contribution < -0.4 is 5.73 Å². The van der Waals surface area contributed by atoms with E-state index in [9.17, 15) is 4.79 Å². The molecular formula is C8H8ClNO2. The van der Waals surface area contributed by atoms with Crippen LogP contribution in [0.15, 0.2) is 12.1 Å². The van der Waals surface area contributed by atoms with Gasteiger partial charge in [0.05, 0.1) is 16.3 Å². The van der Waals surface area contributed by atoms with Crippen LogP contribution in [0.4, 0.5) is 5.69 Å². The van der Waals surface area contributed by atoms with E-state index in [1.807, 2.05) is 0 Å². The Morgan fingerprint density at radius 2 is 2.17 bits per heavy atom. The largest absolute Gasteiger partial charge is 0.478 e. The predicted octanol–water partition coefficient (Wildman–Crippen LogP) is 1.93. The van der Waals surface area contributed by atoms with Crippen LogP contribution in [0.5, 0.6) is 0 Å². The molecule has 4 heteroatoms. The third kappa shape index (κ3) is 1.36. The Balaban J connectivity index is 3.36. The van der Waals surface area contributed by atoms with Crippen LogP contribution >= 0.6 is 11.6 Å². The Hall–Kier alpha value is -1.22. The van der Waals surface area contributed by atoms with Crippen molar-refractivity contribution >= 4 is 23.3 Å². The molecule has 64 valence electrons. The molecule has 0 spiro atoms. The number of anilines is 1. The van der Waals surface area contributed by atoms with Crippen molar-refractivity contribution in [3.05, 3.63) is 28.3 Å². The molecule has 1 rings (SSSR count). The quantitative estimate of drug-likeness (QED) is 0.658. The number of carboxylic acids is 1. The topological polar surface area (TPSA) is 63.3 Å². The average molecular weight is 186 g/mol. The second-order valence-electron chi connectivity index (χ2n) is 2.45. The van der Waals surface area contributed by atoms with Gasteiger partial charge in [-0.1, -0.05) is 11.6 Å². The second kappa shape index (κ2) is 3.03. The van der Waals surface area contributed by atoms with Crippen LogP contribution in [-0.2, 0) is 0 Å². The fourth-order valence-corrected chi connectivity index (χ4v) is 1.10. The second-order valence-corrected chi connectivity index (χ2v) is 2.82. The lowest BCUT2D eigenvalue weighted by Crippen LogP contribution is -2.01. The van der Waals surface area contributed by atoms with Gasteiger partial charge in [0.15, 0.2) is 0 Å². The highest BCUT2D eigenvalue weighted by atomic mass is 35.5. The van der Waals surface area contributed by atoms with Crippen molar-refractivity contribution in [2.75, 3.05) is 5.73 Å². The van der Waals surface area contributed by atoms with Gasteiger partial charge in [-0.05, 0) is 24.6 Å². The predicted molar refractivity (Wildman–Crippen MR) is 47.6 cm³/mol. The number of benzene rings is 1. The number of carboxylic acid groups (broad SMARTS) is 1. The maximum atomic E-state index is 10.6. The van der Waals surface area contributed by atoms with Crippen molar-refractivity contribution in [1.82, 2.24) is 0 Å². The number of aromatic carboxylic acids is 1. The van der Waals surface area contributed by atoms with Crippen LogP contribution in [-0.4, -0.2) is 11.1 Å². The number of nitrogen functional groups attached to an aromatic ring is 1. The first-order valence-electron chi connectivity index (χ1n) is 3.32. The molecule has 0 radical (unpaired) electrons. The van der Waals surface area contributed by atoms with Gasteiger partial charge in [0.2, 0.25) is 0 Å². The van der Waals surface area contributed by atoms with Crippen molar-refractivity contribution in [1.29, 1.82) is 0 Å². The molecule has 1 aromatic carbocycles. The van der Waals surface area contributed by atoms with Crippen LogP contribution in [0.1, 0.15) is 15.9 Å². The van der Waals surface area contributed by atoms with E-state index < -0.39 is 5.97 Å². The molecule has 0 fully saturated rings. The van der Waals surface area contributed by atoms with E-state index in [0.29, 0.717) is 16.3 Å². The van der Waals surface area contributed by atoms with Crippen LogP contribution in [0.25, 0.3) is 0 Å². The van der Waals surface area contributed by atoms with Gasteiger partial charge < -0.3 is 10.8 Å². The highest BCUT2D eigenvalue weighted by molar-refractivity contribution is 6.34. The number of halogens is 1. The lowest BCUT2D eigenvalue weighted by molar-refractivity contribution is 0.0696. The minimum atomic E-state index is -0.991. The molecule has 3 N–H and O–H groups in total. The number of nitrogens with two attached hydrogens (primary N) is 1. The summed E-state index contributed by atoms with van der Waals surface area (Å²) in [4.78, 5) is 10.6. The normalized spacial score (nSPS) is 9.83. The molecule has 12 heavy (non-hydrogen) atoms. The Labute approximate surface area is 74.8 Å². The van der Waals surface area contributed by atoms with Gasteiger partial charge in [0.1, 0.15) is 0 Å². The molecule has 0 saturated carbocycles. The summed E-state index contributed by atoms with van der Waals surface area (Å²) in [7, 11) is 0. The SMILES string of the molecule is Cc1c(C(=O)O)ccc(N)c1Cl. The molecule has 0 aliphatic rings. The van der Waals surface area contributed by atoms with Crippen molar-refractivity contribution in [3.63, 3.8) is 0 Å².